The molecule has 1 saturated heterocycles. The molecule has 3 nitrogen and oxygen atoms in total. The minimum Gasteiger partial charge on any atom is -0.361 e. The monoisotopic (exact) mass is 215 g/mol. The Morgan fingerprint density at radius 1 is 1.82 bits per heavy atom. The predicted octanol–water partition coefficient (Wildman–Crippen LogP) is 1.36. The maximum absolute atomic E-state index is 8.37. The molecular weight excluding hydrogens is 206 g/mol. The van der Waals surface area contributed by atoms with E-state index in [-0.39, 0.29) is 4.83 Å². The molecule has 1 aliphatic rings. The normalized spacial score (nSPS) is 28.6. The Kier molecular flexibility index (Phi) is 2.89. The molecule has 0 aliphatic carbocycles. The summed E-state index contributed by atoms with van der Waals surface area (Å²) in [5.41, 5.74) is 0. The molecule has 0 amide bonds. The number of nitriles is 1. The molecule has 0 N–H and O–H groups in total. The van der Waals surface area contributed by atoms with Crippen molar-refractivity contribution in [1.82, 2.24) is 4.90 Å². The molecule has 1 unspecified atom stereocenters. The molecule has 1 atom stereocenters. The van der Waals surface area contributed by atoms with E-state index in [0.29, 0.717) is 0 Å². The fourth-order valence-corrected chi connectivity index (χ4v) is 1.97. The van der Waals surface area contributed by atoms with Crippen LogP contribution in [0.4, 0.5) is 0 Å². The van der Waals surface area contributed by atoms with Crippen LogP contribution in [0.25, 0.3) is 0 Å². The van der Waals surface area contributed by atoms with E-state index in [4.69, 9.17) is 5.26 Å². The zero-order valence-corrected chi connectivity index (χ0v) is 8.00. The van der Waals surface area contributed by atoms with Gasteiger partial charge >= 0.3 is 0 Å². The number of aliphatic imine (C=N–C) groups is 1. The maximum atomic E-state index is 8.37. The number of hydrogen-bond acceptors (Lipinski definition) is 2. The highest BCUT2D eigenvalue weighted by Crippen LogP contribution is 2.17. The van der Waals surface area contributed by atoms with Gasteiger partial charge in [0.15, 0.2) is 0 Å². The molecule has 0 aromatic carbocycles. The number of alkyl halides is 1. The molecule has 0 saturated carbocycles. The van der Waals surface area contributed by atoms with Gasteiger partial charge in [-0.1, -0.05) is 15.9 Å². The van der Waals surface area contributed by atoms with Gasteiger partial charge in [-0.05, 0) is 12.8 Å². The summed E-state index contributed by atoms with van der Waals surface area (Å²) in [7, 11) is 1.96. The van der Waals surface area contributed by atoms with Gasteiger partial charge in [0.2, 0.25) is 6.19 Å². The average Bonchev–Trinajstić information content (AvgIpc) is 1.97. The zero-order chi connectivity index (χ0) is 8.27. The van der Waals surface area contributed by atoms with Crippen molar-refractivity contribution in [2.45, 2.75) is 17.7 Å². The van der Waals surface area contributed by atoms with Crippen LogP contribution >= 0.6 is 15.9 Å². The first kappa shape index (κ1) is 8.54. The second-order valence-electron chi connectivity index (χ2n) is 2.60. The molecule has 1 fully saturated rings. The predicted molar refractivity (Wildman–Crippen MR) is 47.6 cm³/mol. The topological polar surface area (TPSA) is 39.4 Å². The van der Waals surface area contributed by atoms with Crippen LogP contribution in [-0.4, -0.2) is 29.2 Å². The van der Waals surface area contributed by atoms with Crippen LogP contribution in [0, 0.1) is 11.5 Å². The number of piperidine rings is 1. The highest BCUT2D eigenvalue weighted by Gasteiger charge is 2.21. The Bertz CT molecular complexity index is 194. The Morgan fingerprint density at radius 2 is 2.55 bits per heavy atom. The Hall–Kier alpha value is -0.560. The summed E-state index contributed by atoms with van der Waals surface area (Å²) in [6.45, 7) is 1.00. The fraction of sp³-hybridized carbons (Fsp3) is 0.714. The lowest BCUT2D eigenvalue weighted by molar-refractivity contribution is 0.440. The van der Waals surface area contributed by atoms with Crippen LogP contribution in [0.15, 0.2) is 4.99 Å². The van der Waals surface area contributed by atoms with E-state index in [1.165, 1.54) is 0 Å². The summed E-state index contributed by atoms with van der Waals surface area (Å²) < 4.78 is 0. The molecule has 0 bridgehead atoms. The van der Waals surface area contributed by atoms with Crippen molar-refractivity contribution in [3.8, 4) is 6.19 Å². The molecule has 0 aromatic heterocycles. The first-order chi connectivity index (χ1) is 5.25. The van der Waals surface area contributed by atoms with Gasteiger partial charge in [0.25, 0.3) is 0 Å². The lowest BCUT2D eigenvalue weighted by Gasteiger charge is -2.28. The summed E-state index contributed by atoms with van der Waals surface area (Å²) in [6.07, 6.45) is 4.05. The highest BCUT2D eigenvalue weighted by molar-refractivity contribution is 9.10. The number of likely N-dealkylation sites (tertiary alicyclic amines) is 1. The van der Waals surface area contributed by atoms with E-state index >= 15 is 0 Å². The maximum Gasteiger partial charge on any atom is 0.207 e. The van der Waals surface area contributed by atoms with E-state index in [2.05, 4.69) is 20.9 Å². The number of amidine groups is 1. The van der Waals surface area contributed by atoms with E-state index < -0.39 is 0 Å². The minimum atomic E-state index is 0.265. The Morgan fingerprint density at radius 3 is 3.09 bits per heavy atom. The largest absolute Gasteiger partial charge is 0.361 e. The molecular formula is C7H10BrN3. The Labute approximate surface area is 74.8 Å². The number of rotatable bonds is 0. The van der Waals surface area contributed by atoms with Crippen molar-refractivity contribution in [1.29, 1.82) is 5.26 Å². The average molecular weight is 216 g/mol. The molecule has 1 aliphatic heterocycles. The molecule has 1 rings (SSSR count). The SMILES string of the molecule is CN1CCCC(Br)C1=NC#N. The van der Waals surface area contributed by atoms with E-state index in [1.54, 1.807) is 0 Å². The number of nitrogens with zero attached hydrogens (tertiary/aromatic N) is 3. The van der Waals surface area contributed by atoms with E-state index in [0.717, 1.165) is 25.2 Å². The van der Waals surface area contributed by atoms with Crippen molar-refractivity contribution in [3.05, 3.63) is 0 Å². The first-order valence-corrected chi connectivity index (χ1v) is 4.49. The molecule has 1 heterocycles. The van der Waals surface area contributed by atoms with Gasteiger partial charge in [-0.25, -0.2) is 0 Å². The summed E-state index contributed by atoms with van der Waals surface area (Å²) in [5, 5.41) is 8.37. The van der Waals surface area contributed by atoms with Gasteiger partial charge in [-0.15, -0.1) is 0 Å². The molecule has 60 valence electrons. The number of hydrogen-bond donors (Lipinski definition) is 0. The third kappa shape index (κ3) is 1.93. The van der Waals surface area contributed by atoms with Crippen LogP contribution in [0.3, 0.4) is 0 Å². The minimum absolute atomic E-state index is 0.265. The summed E-state index contributed by atoms with van der Waals surface area (Å²) in [4.78, 5) is 6.03. The van der Waals surface area contributed by atoms with E-state index in [9.17, 15) is 0 Å². The van der Waals surface area contributed by atoms with Gasteiger partial charge in [-0.2, -0.15) is 10.3 Å². The number of halogens is 1. The summed E-state index contributed by atoms with van der Waals surface area (Å²) >= 11 is 3.47. The third-order valence-corrected chi connectivity index (χ3v) is 2.65. The lowest BCUT2D eigenvalue weighted by Crippen LogP contribution is -2.38. The van der Waals surface area contributed by atoms with Crippen molar-refractivity contribution >= 4 is 21.8 Å². The van der Waals surface area contributed by atoms with Gasteiger partial charge in [0.1, 0.15) is 5.84 Å². The van der Waals surface area contributed by atoms with Crippen molar-refractivity contribution in [2.24, 2.45) is 4.99 Å². The Balaban J connectivity index is 2.72. The van der Waals surface area contributed by atoms with Crippen LogP contribution in [0.2, 0.25) is 0 Å². The van der Waals surface area contributed by atoms with E-state index in [1.807, 2.05) is 18.1 Å². The summed E-state index contributed by atoms with van der Waals surface area (Å²) in [5.74, 6) is 0.860. The second kappa shape index (κ2) is 3.72. The van der Waals surface area contributed by atoms with Crippen molar-refractivity contribution in [3.63, 3.8) is 0 Å². The molecule has 0 spiro atoms. The molecule has 0 aromatic rings. The quantitative estimate of drug-likeness (QED) is 0.453. The van der Waals surface area contributed by atoms with Crippen LogP contribution in [0.1, 0.15) is 12.8 Å². The van der Waals surface area contributed by atoms with Crippen LogP contribution < -0.4 is 0 Å². The van der Waals surface area contributed by atoms with Gasteiger partial charge in [0, 0.05) is 13.6 Å². The smallest absolute Gasteiger partial charge is 0.207 e. The van der Waals surface area contributed by atoms with Crippen molar-refractivity contribution in [2.75, 3.05) is 13.6 Å². The third-order valence-electron chi connectivity index (χ3n) is 1.79. The first-order valence-electron chi connectivity index (χ1n) is 3.57. The van der Waals surface area contributed by atoms with Gasteiger partial charge in [0.05, 0.1) is 4.83 Å². The fourth-order valence-electron chi connectivity index (χ4n) is 1.20. The van der Waals surface area contributed by atoms with Crippen molar-refractivity contribution < 1.29 is 0 Å². The standard InChI is InChI=1S/C7H10BrN3/c1-11-4-2-3-6(8)7(11)10-5-9/h6H,2-4H2,1H3. The molecule has 4 heteroatoms. The van der Waals surface area contributed by atoms with Gasteiger partial charge in [-0.3, -0.25) is 0 Å². The lowest BCUT2D eigenvalue weighted by atomic mass is 10.1. The molecule has 0 radical (unpaired) electrons. The summed E-state index contributed by atoms with van der Waals surface area (Å²) in [6, 6.07) is 0. The van der Waals surface area contributed by atoms with Gasteiger partial charge < -0.3 is 4.90 Å². The second-order valence-corrected chi connectivity index (χ2v) is 3.71. The zero-order valence-electron chi connectivity index (χ0n) is 6.42. The highest BCUT2D eigenvalue weighted by atomic mass is 79.9. The molecule has 11 heavy (non-hydrogen) atoms. The van der Waals surface area contributed by atoms with Crippen LogP contribution in [-0.2, 0) is 0 Å². The van der Waals surface area contributed by atoms with Crippen LogP contribution in [0.5, 0.6) is 0 Å².